The Morgan fingerprint density at radius 1 is 1.12 bits per heavy atom. The minimum atomic E-state index is -0.273. The maximum absolute atomic E-state index is 12.3. The summed E-state index contributed by atoms with van der Waals surface area (Å²) in [5, 5.41) is 2.81. The minimum Gasteiger partial charge on any atom is -0.357 e. The SMILES string of the molecule is CCN(CC)c1ccc(C(=O)Nc2ccc3[nH]c(=O)[nH]c3c2)cn1. The number of H-pyrrole nitrogens is 2. The number of hydrogen-bond donors (Lipinski definition) is 3. The number of pyridine rings is 1. The Morgan fingerprint density at radius 2 is 1.88 bits per heavy atom. The van der Waals surface area contributed by atoms with Crippen molar-refractivity contribution < 1.29 is 4.79 Å². The molecule has 0 aliphatic heterocycles. The number of hydrogen-bond acceptors (Lipinski definition) is 4. The van der Waals surface area contributed by atoms with Gasteiger partial charge in [-0.1, -0.05) is 0 Å². The molecule has 2 heterocycles. The van der Waals surface area contributed by atoms with E-state index in [0.717, 1.165) is 18.9 Å². The van der Waals surface area contributed by atoms with Gasteiger partial charge in [-0.2, -0.15) is 0 Å². The van der Waals surface area contributed by atoms with Crippen molar-refractivity contribution in [2.45, 2.75) is 13.8 Å². The van der Waals surface area contributed by atoms with Crippen LogP contribution in [0.4, 0.5) is 11.5 Å². The first-order valence-corrected chi connectivity index (χ1v) is 7.85. The predicted molar refractivity (Wildman–Crippen MR) is 94.7 cm³/mol. The summed E-state index contributed by atoms with van der Waals surface area (Å²) < 4.78 is 0. The molecule has 1 aromatic carbocycles. The van der Waals surface area contributed by atoms with Crippen molar-refractivity contribution in [1.82, 2.24) is 15.0 Å². The van der Waals surface area contributed by atoms with Gasteiger partial charge in [0, 0.05) is 25.0 Å². The summed E-state index contributed by atoms with van der Waals surface area (Å²) >= 11 is 0. The number of amides is 1. The fourth-order valence-electron chi connectivity index (χ4n) is 2.57. The molecule has 0 fully saturated rings. The Balaban J connectivity index is 1.76. The number of fused-ring (bicyclic) bond motifs is 1. The first kappa shape index (κ1) is 15.8. The number of nitrogens with one attached hydrogen (secondary N) is 3. The number of aromatic amines is 2. The summed E-state index contributed by atoms with van der Waals surface area (Å²) in [6.07, 6.45) is 1.57. The Kier molecular flexibility index (Phi) is 4.33. The molecule has 0 saturated heterocycles. The third-order valence-corrected chi connectivity index (χ3v) is 3.87. The molecule has 24 heavy (non-hydrogen) atoms. The molecule has 0 bridgehead atoms. The van der Waals surface area contributed by atoms with Crippen LogP contribution in [0.15, 0.2) is 41.3 Å². The first-order chi connectivity index (χ1) is 11.6. The molecule has 0 saturated carbocycles. The topological polar surface area (TPSA) is 93.9 Å². The van der Waals surface area contributed by atoms with Crippen LogP contribution in [0, 0.1) is 0 Å². The summed E-state index contributed by atoms with van der Waals surface area (Å²) in [6.45, 7) is 5.86. The highest BCUT2D eigenvalue weighted by Crippen LogP contribution is 2.16. The zero-order chi connectivity index (χ0) is 17.1. The normalized spacial score (nSPS) is 10.8. The van der Waals surface area contributed by atoms with Crippen molar-refractivity contribution in [2.24, 2.45) is 0 Å². The molecular weight excluding hydrogens is 306 g/mol. The van der Waals surface area contributed by atoms with E-state index in [4.69, 9.17) is 0 Å². The van der Waals surface area contributed by atoms with Crippen molar-refractivity contribution in [3.63, 3.8) is 0 Å². The molecule has 3 rings (SSSR count). The molecule has 7 nitrogen and oxygen atoms in total. The van der Waals surface area contributed by atoms with Gasteiger partial charge in [0.1, 0.15) is 5.82 Å². The van der Waals surface area contributed by atoms with Crippen molar-refractivity contribution in [1.29, 1.82) is 0 Å². The first-order valence-electron chi connectivity index (χ1n) is 7.85. The number of aromatic nitrogens is 3. The second kappa shape index (κ2) is 6.57. The Morgan fingerprint density at radius 3 is 2.54 bits per heavy atom. The third-order valence-electron chi connectivity index (χ3n) is 3.87. The number of benzene rings is 1. The van der Waals surface area contributed by atoms with Crippen LogP contribution < -0.4 is 15.9 Å². The van der Waals surface area contributed by atoms with Crippen molar-refractivity contribution in [3.8, 4) is 0 Å². The van der Waals surface area contributed by atoms with E-state index < -0.39 is 0 Å². The number of rotatable bonds is 5. The summed E-state index contributed by atoms with van der Waals surface area (Å²) in [6, 6.07) is 8.79. The smallest absolute Gasteiger partial charge is 0.323 e. The lowest BCUT2D eigenvalue weighted by molar-refractivity contribution is 0.102. The van der Waals surface area contributed by atoms with Crippen LogP contribution >= 0.6 is 0 Å². The molecule has 3 N–H and O–H groups in total. The van der Waals surface area contributed by atoms with Gasteiger partial charge < -0.3 is 20.2 Å². The number of carbonyl (C=O) groups excluding carboxylic acids is 1. The van der Waals surface area contributed by atoms with Gasteiger partial charge in [-0.15, -0.1) is 0 Å². The van der Waals surface area contributed by atoms with Gasteiger partial charge in [0.2, 0.25) is 0 Å². The lowest BCUT2D eigenvalue weighted by atomic mass is 10.2. The Bertz CT molecular complexity index is 907. The van der Waals surface area contributed by atoms with Crippen LogP contribution in [-0.2, 0) is 0 Å². The number of carbonyl (C=O) groups is 1. The third kappa shape index (κ3) is 3.15. The van der Waals surface area contributed by atoms with Gasteiger partial charge in [0.15, 0.2) is 0 Å². The second-order valence-corrected chi connectivity index (χ2v) is 5.37. The van der Waals surface area contributed by atoms with E-state index in [1.54, 1.807) is 30.5 Å². The molecule has 2 aromatic heterocycles. The predicted octanol–water partition coefficient (Wildman–Crippen LogP) is 2.35. The van der Waals surface area contributed by atoms with Gasteiger partial charge in [-0.05, 0) is 44.2 Å². The number of nitrogens with zero attached hydrogens (tertiary/aromatic N) is 2. The van der Waals surface area contributed by atoms with Crippen molar-refractivity contribution in [2.75, 3.05) is 23.3 Å². The van der Waals surface area contributed by atoms with E-state index in [9.17, 15) is 9.59 Å². The number of imidazole rings is 1. The molecule has 0 unspecified atom stereocenters. The molecule has 0 aliphatic carbocycles. The minimum absolute atomic E-state index is 0.245. The van der Waals surface area contributed by atoms with Crippen LogP contribution in [0.1, 0.15) is 24.2 Å². The van der Waals surface area contributed by atoms with Gasteiger partial charge >= 0.3 is 5.69 Å². The zero-order valence-corrected chi connectivity index (χ0v) is 13.6. The summed E-state index contributed by atoms with van der Waals surface area (Å²) in [5.74, 6) is 0.605. The molecular formula is C17H19N5O2. The monoisotopic (exact) mass is 325 g/mol. The summed E-state index contributed by atoms with van der Waals surface area (Å²) in [7, 11) is 0. The molecule has 7 heteroatoms. The maximum Gasteiger partial charge on any atom is 0.323 e. The van der Waals surface area contributed by atoms with Gasteiger partial charge in [-0.3, -0.25) is 4.79 Å². The second-order valence-electron chi connectivity index (χ2n) is 5.37. The van der Waals surface area contributed by atoms with Gasteiger partial charge in [0.25, 0.3) is 5.91 Å². The molecule has 3 aromatic rings. The summed E-state index contributed by atoms with van der Waals surface area (Å²) in [4.78, 5) is 35.4. The van der Waals surface area contributed by atoms with E-state index in [1.807, 2.05) is 6.07 Å². The zero-order valence-electron chi connectivity index (χ0n) is 13.6. The average molecular weight is 325 g/mol. The van der Waals surface area contributed by atoms with Gasteiger partial charge in [-0.25, -0.2) is 9.78 Å². The van der Waals surface area contributed by atoms with E-state index >= 15 is 0 Å². The summed E-state index contributed by atoms with van der Waals surface area (Å²) in [5.41, 5.74) is 2.16. The van der Waals surface area contributed by atoms with E-state index in [0.29, 0.717) is 22.3 Å². The van der Waals surface area contributed by atoms with Crippen molar-refractivity contribution in [3.05, 3.63) is 52.6 Å². The van der Waals surface area contributed by atoms with Crippen LogP contribution in [-0.4, -0.2) is 33.9 Å². The molecule has 0 radical (unpaired) electrons. The highest BCUT2D eigenvalue weighted by molar-refractivity contribution is 6.04. The lowest BCUT2D eigenvalue weighted by Crippen LogP contribution is -2.23. The average Bonchev–Trinajstić information content (AvgIpc) is 2.96. The lowest BCUT2D eigenvalue weighted by Gasteiger charge is -2.19. The fourth-order valence-corrected chi connectivity index (χ4v) is 2.57. The highest BCUT2D eigenvalue weighted by atomic mass is 16.2. The quantitative estimate of drug-likeness (QED) is 0.671. The van der Waals surface area contributed by atoms with E-state index in [-0.39, 0.29) is 11.6 Å². The highest BCUT2D eigenvalue weighted by Gasteiger charge is 2.09. The standard InChI is InChI=1S/C17H19N5O2/c1-3-22(4-2)15-8-5-11(10-18-15)16(23)19-12-6-7-13-14(9-12)21-17(24)20-13/h5-10H,3-4H2,1-2H3,(H,19,23)(H2,20,21,24). The molecule has 0 atom stereocenters. The Hall–Kier alpha value is -3.09. The van der Waals surface area contributed by atoms with Gasteiger partial charge in [0.05, 0.1) is 16.6 Å². The van der Waals surface area contributed by atoms with Crippen molar-refractivity contribution >= 4 is 28.4 Å². The molecule has 124 valence electrons. The molecule has 0 spiro atoms. The molecule has 0 aliphatic rings. The maximum atomic E-state index is 12.3. The van der Waals surface area contributed by atoms with Crippen LogP contribution in [0.25, 0.3) is 11.0 Å². The van der Waals surface area contributed by atoms with Crippen LogP contribution in [0.3, 0.4) is 0 Å². The number of anilines is 2. The fraction of sp³-hybridized carbons (Fsp3) is 0.235. The van der Waals surface area contributed by atoms with E-state index in [2.05, 4.69) is 39.0 Å². The molecule has 1 amide bonds. The van der Waals surface area contributed by atoms with Crippen LogP contribution in [0.2, 0.25) is 0 Å². The Labute approximate surface area is 138 Å². The van der Waals surface area contributed by atoms with Crippen LogP contribution in [0.5, 0.6) is 0 Å². The largest absolute Gasteiger partial charge is 0.357 e. The van der Waals surface area contributed by atoms with E-state index in [1.165, 1.54) is 0 Å².